The summed E-state index contributed by atoms with van der Waals surface area (Å²) in [6.45, 7) is 7.49. The van der Waals surface area contributed by atoms with Gasteiger partial charge >= 0.3 is 0 Å². The van der Waals surface area contributed by atoms with E-state index in [0.29, 0.717) is 6.04 Å². The Morgan fingerprint density at radius 3 is 2.53 bits per heavy atom. The number of hydrogen-bond donors (Lipinski definition) is 2. The van der Waals surface area contributed by atoms with Gasteiger partial charge in [-0.3, -0.25) is 0 Å². The minimum Gasteiger partial charge on any atom is -0.395 e. The first-order valence-electron chi connectivity index (χ1n) is 6.00. The van der Waals surface area contributed by atoms with Crippen molar-refractivity contribution in [2.24, 2.45) is 7.05 Å². The zero-order chi connectivity index (χ0) is 13.0. The van der Waals surface area contributed by atoms with Crippen LogP contribution in [0.25, 0.3) is 0 Å². The summed E-state index contributed by atoms with van der Waals surface area (Å²) in [6, 6.07) is 2.54. The maximum absolute atomic E-state index is 9.23. The average molecular weight is 256 g/mol. The van der Waals surface area contributed by atoms with Gasteiger partial charge in [0.2, 0.25) is 0 Å². The first-order chi connectivity index (χ1) is 8.01. The van der Waals surface area contributed by atoms with Crippen LogP contribution in [0.5, 0.6) is 0 Å². The van der Waals surface area contributed by atoms with Crippen LogP contribution in [0.15, 0.2) is 6.07 Å². The Bertz CT molecular complexity index is 359. The molecular formula is C13H24N2OS. The molecule has 0 aliphatic rings. The molecule has 0 saturated carbocycles. The van der Waals surface area contributed by atoms with Crippen molar-refractivity contribution < 1.29 is 5.11 Å². The highest BCUT2D eigenvalue weighted by Crippen LogP contribution is 2.15. The van der Waals surface area contributed by atoms with E-state index in [2.05, 4.69) is 43.8 Å². The second-order valence-electron chi connectivity index (χ2n) is 4.58. The highest BCUT2D eigenvalue weighted by atomic mass is 32.2. The molecule has 0 bridgehead atoms. The van der Waals surface area contributed by atoms with Crippen molar-refractivity contribution in [1.29, 1.82) is 0 Å². The van der Waals surface area contributed by atoms with Gasteiger partial charge in [0.25, 0.3) is 0 Å². The number of hydrogen-bond acceptors (Lipinski definition) is 3. The van der Waals surface area contributed by atoms with Gasteiger partial charge in [0.15, 0.2) is 0 Å². The van der Waals surface area contributed by atoms with Crippen LogP contribution < -0.4 is 5.32 Å². The van der Waals surface area contributed by atoms with Crippen molar-refractivity contribution in [3.8, 4) is 0 Å². The largest absolute Gasteiger partial charge is 0.395 e. The standard InChI is InChI=1S/C13H24N2OS/c1-9-6-12(11(3)15(9)4)7-14-10(2)13(8-16)17-5/h6,10,13-14,16H,7-8H2,1-5H3. The highest BCUT2D eigenvalue weighted by molar-refractivity contribution is 7.99. The monoisotopic (exact) mass is 256 g/mol. The van der Waals surface area contributed by atoms with Gasteiger partial charge < -0.3 is 15.0 Å². The topological polar surface area (TPSA) is 37.2 Å². The Kier molecular flexibility index (Phi) is 5.56. The van der Waals surface area contributed by atoms with E-state index in [1.54, 1.807) is 11.8 Å². The SMILES string of the molecule is CSC(CO)C(C)NCc1cc(C)n(C)c1C. The summed E-state index contributed by atoms with van der Waals surface area (Å²) in [6.07, 6.45) is 2.04. The molecule has 0 radical (unpaired) electrons. The van der Waals surface area contributed by atoms with Gasteiger partial charge in [0.1, 0.15) is 0 Å². The van der Waals surface area contributed by atoms with Crippen molar-refractivity contribution >= 4 is 11.8 Å². The van der Waals surface area contributed by atoms with Gasteiger partial charge in [-0.25, -0.2) is 0 Å². The molecule has 4 heteroatoms. The number of aliphatic hydroxyl groups is 1. The lowest BCUT2D eigenvalue weighted by Crippen LogP contribution is -2.37. The van der Waals surface area contributed by atoms with Crippen LogP contribution in [0, 0.1) is 13.8 Å². The molecule has 0 aromatic carbocycles. The minimum atomic E-state index is 0.224. The maximum atomic E-state index is 9.23. The van der Waals surface area contributed by atoms with Crippen LogP contribution in [0.3, 0.4) is 0 Å². The number of aromatic nitrogens is 1. The number of thioether (sulfide) groups is 1. The highest BCUT2D eigenvalue weighted by Gasteiger charge is 2.15. The zero-order valence-corrected chi connectivity index (χ0v) is 12.3. The van der Waals surface area contributed by atoms with E-state index in [1.165, 1.54) is 17.0 Å². The van der Waals surface area contributed by atoms with Crippen LogP contribution in [0.1, 0.15) is 23.9 Å². The molecule has 2 unspecified atom stereocenters. The first-order valence-corrected chi connectivity index (χ1v) is 7.28. The Morgan fingerprint density at radius 2 is 2.12 bits per heavy atom. The fraction of sp³-hybridized carbons (Fsp3) is 0.692. The third-order valence-corrected chi connectivity index (χ3v) is 4.70. The summed E-state index contributed by atoms with van der Waals surface area (Å²) < 4.78 is 2.21. The van der Waals surface area contributed by atoms with Crippen molar-refractivity contribution in [1.82, 2.24) is 9.88 Å². The summed E-state index contributed by atoms with van der Waals surface area (Å²) in [5.74, 6) is 0. The summed E-state index contributed by atoms with van der Waals surface area (Å²) in [5.41, 5.74) is 3.94. The van der Waals surface area contributed by atoms with Crippen LogP contribution in [0.2, 0.25) is 0 Å². The molecule has 1 aromatic rings. The van der Waals surface area contributed by atoms with E-state index in [0.717, 1.165) is 6.54 Å². The van der Waals surface area contributed by atoms with Gasteiger partial charge in [-0.2, -0.15) is 11.8 Å². The number of aryl methyl sites for hydroxylation is 1. The summed E-state index contributed by atoms with van der Waals surface area (Å²) in [5, 5.41) is 13.0. The number of nitrogens with one attached hydrogen (secondary N) is 1. The third-order valence-electron chi connectivity index (χ3n) is 3.53. The maximum Gasteiger partial charge on any atom is 0.0564 e. The molecule has 98 valence electrons. The fourth-order valence-corrected chi connectivity index (χ4v) is 2.61. The molecule has 1 heterocycles. The van der Waals surface area contributed by atoms with E-state index >= 15 is 0 Å². The quantitative estimate of drug-likeness (QED) is 0.815. The Balaban J connectivity index is 2.58. The van der Waals surface area contributed by atoms with Crippen molar-refractivity contribution in [3.05, 3.63) is 23.0 Å². The molecule has 2 N–H and O–H groups in total. The number of rotatable bonds is 6. The lowest BCUT2D eigenvalue weighted by Gasteiger charge is -2.21. The van der Waals surface area contributed by atoms with Crippen LogP contribution in [0.4, 0.5) is 0 Å². The van der Waals surface area contributed by atoms with Crippen molar-refractivity contribution in [3.63, 3.8) is 0 Å². The van der Waals surface area contributed by atoms with Gasteiger partial charge in [0.05, 0.1) is 6.61 Å². The number of aliphatic hydroxyl groups excluding tert-OH is 1. The second kappa shape index (κ2) is 6.47. The molecule has 2 atom stereocenters. The van der Waals surface area contributed by atoms with Gasteiger partial charge in [0, 0.05) is 36.3 Å². The normalized spacial score (nSPS) is 14.9. The fourth-order valence-electron chi connectivity index (χ4n) is 1.95. The second-order valence-corrected chi connectivity index (χ2v) is 5.66. The average Bonchev–Trinajstić information content (AvgIpc) is 2.56. The predicted octanol–water partition coefficient (Wildman–Crippen LogP) is 1.84. The molecule has 0 saturated heterocycles. The van der Waals surface area contributed by atoms with Crippen LogP contribution in [-0.4, -0.2) is 33.8 Å². The summed E-state index contributed by atoms with van der Waals surface area (Å²) in [7, 11) is 2.09. The van der Waals surface area contributed by atoms with E-state index in [-0.39, 0.29) is 11.9 Å². The molecule has 1 rings (SSSR count). The molecular weight excluding hydrogens is 232 g/mol. The molecule has 17 heavy (non-hydrogen) atoms. The Labute approximate surface area is 109 Å². The van der Waals surface area contributed by atoms with E-state index in [9.17, 15) is 5.11 Å². The summed E-state index contributed by atoms with van der Waals surface area (Å²) >= 11 is 1.71. The summed E-state index contributed by atoms with van der Waals surface area (Å²) in [4.78, 5) is 0. The van der Waals surface area contributed by atoms with Crippen LogP contribution >= 0.6 is 11.8 Å². The minimum absolute atomic E-state index is 0.224. The lowest BCUT2D eigenvalue weighted by molar-refractivity contribution is 0.276. The number of nitrogens with zero attached hydrogens (tertiary/aromatic N) is 1. The molecule has 3 nitrogen and oxygen atoms in total. The van der Waals surface area contributed by atoms with Gasteiger partial charge in [-0.1, -0.05) is 0 Å². The smallest absolute Gasteiger partial charge is 0.0564 e. The van der Waals surface area contributed by atoms with Gasteiger partial charge in [-0.05, 0) is 38.7 Å². The Morgan fingerprint density at radius 1 is 1.47 bits per heavy atom. The zero-order valence-electron chi connectivity index (χ0n) is 11.4. The van der Waals surface area contributed by atoms with Gasteiger partial charge in [-0.15, -0.1) is 0 Å². The predicted molar refractivity (Wildman–Crippen MR) is 75.6 cm³/mol. The third kappa shape index (κ3) is 3.50. The molecule has 0 fully saturated rings. The van der Waals surface area contributed by atoms with Crippen molar-refractivity contribution in [2.45, 2.75) is 38.6 Å². The van der Waals surface area contributed by atoms with E-state index in [4.69, 9.17) is 0 Å². The van der Waals surface area contributed by atoms with Crippen molar-refractivity contribution in [2.75, 3.05) is 12.9 Å². The molecule has 0 spiro atoms. The lowest BCUT2D eigenvalue weighted by atomic mass is 10.2. The van der Waals surface area contributed by atoms with E-state index < -0.39 is 0 Å². The molecule has 1 aromatic heterocycles. The Hall–Kier alpha value is -0.450. The molecule has 0 aliphatic carbocycles. The van der Waals surface area contributed by atoms with E-state index in [1.807, 2.05) is 6.26 Å². The van der Waals surface area contributed by atoms with Crippen LogP contribution in [-0.2, 0) is 13.6 Å². The molecule has 0 aliphatic heterocycles. The molecule has 0 amide bonds. The first kappa shape index (κ1) is 14.6.